The molecule has 1 atom stereocenters. The molecule has 0 saturated carbocycles. The molecule has 4 nitrogen and oxygen atoms in total. The van der Waals surface area contributed by atoms with Crippen LogP contribution in [-0.4, -0.2) is 23.9 Å². The lowest BCUT2D eigenvalue weighted by Crippen LogP contribution is -2.26. The minimum atomic E-state index is 0.119. The molecular weight excluding hydrogens is 236 g/mol. The molecule has 1 fully saturated rings. The molecule has 2 heterocycles. The molecule has 1 unspecified atom stereocenters. The summed E-state index contributed by atoms with van der Waals surface area (Å²) < 4.78 is 0. The van der Waals surface area contributed by atoms with E-state index in [1.54, 1.807) is 0 Å². The topological polar surface area (TPSA) is 66.0 Å². The van der Waals surface area contributed by atoms with E-state index < -0.39 is 0 Å². The Morgan fingerprint density at radius 2 is 2.16 bits per heavy atom. The summed E-state index contributed by atoms with van der Waals surface area (Å²) in [5.41, 5.74) is 9.48. The molecule has 0 amide bonds. The van der Waals surface area contributed by atoms with Gasteiger partial charge in [0.15, 0.2) is 0 Å². The van der Waals surface area contributed by atoms with Crippen molar-refractivity contribution in [1.82, 2.24) is 4.98 Å². The number of hydrogen-bond acceptors (Lipinski definition) is 3. The van der Waals surface area contributed by atoms with Crippen molar-refractivity contribution < 1.29 is 0 Å². The summed E-state index contributed by atoms with van der Waals surface area (Å²) in [4.78, 5) is 6.80. The third-order valence-corrected chi connectivity index (χ3v) is 4.09. The van der Waals surface area contributed by atoms with Crippen LogP contribution >= 0.6 is 0 Å². The van der Waals surface area contributed by atoms with Gasteiger partial charge in [0.05, 0.1) is 16.9 Å². The first-order valence-electron chi connectivity index (χ1n) is 6.97. The summed E-state index contributed by atoms with van der Waals surface area (Å²) in [6, 6.07) is 2.06. The lowest BCUT2D eigenvalue weighted by atomic mass is 9.95. The molecule has 1 aliphatic heterocycles. The van der Waals surface area contributed by atoms with Crippen molar-refractivity contribution in [1.29, 1.82) is 5.41 Å². The van der Waals surface area contributed by atoms with Crippen molar-refractivity contribution >= 4 is 11.5 Å². The van der Waals surface area contributed by atoms with Gasteiger partial charge in [0, 0.05) is 18.8 Å². The number of aromatic nitrogens is 1. The molecule has 1 aliphatic rings. The minimum Gasteiger partial charge on any atom is -0.384 e. The Labute approximate surface area is 115 Å². The number of nitrogens with zero attached hydrogens (tertiary/aromatic N) is 2. The number of anilines is 1. The number of nitrogens with two attached hydrogens (primary N) is 1. The number of pyridine rings is 1. The summed E-state index contributed by atoms with van der Waals surface area (Å²) in [6.07, 6.45) is 1.22. The van der Waals surface area contributed by atoms with Gasteiger partial charge in [-0.15, -0.1) is 0 Å². The van der Waals surface area contributed by atoms with Gasteiger partial charge in [-0.1, -0.05) is 13.8 Å². The first-order chi connectivity index (χ1) is 8.90. The average molecular weight is 260 g/mol. The fourth-order valence-electron chi connectivity index (χ4n) is 2.94. The van der Waals surface area contributed by atoms with Crippen LogP contribution in [0.3, 0.4) is 0 Å². The van der Waals surface area contributed by atoms with E-state index in [2.05, 4.69) is 29.8 Å². The summed E-state index contributed by atoms with van der Waals surface area (Å²) in [6.45, 7) is 10.6. The van der Waals surface area contributed by atoms with Crippen molar-refractivity contribution in [2.45, 2.75) is 34.1 Å². The maximum atomic E-state index is 7.80. The first kappa shape index (κ1) is 13.8. The molecule has 3 N–H and O–H groups in total. The van der Waals surface area contributed by atoms with Crippen molar-refractivity contribution in [2.75, 3.05) is 18.0 Å². The van der Waals surface area contributed by atoms with Crippen LogP contribution in [0.15, 0.2) is 6.07 Å². The van der Waals surface area contributed by atoms with Crippen LogP contribution < -0.4 is 10.6 Å². The Kier molecular flexibility index (Phi) is 3.78. The number of nitrogen functional groups attached to an aromatic ring is 1. The zero-order valence-electron chi connectivity index (χ0n) is 12.3. The van der Waals surface area contributed by atoms with Gasteiger partial charge in [-0.3, -0.25) is 10.4 Å². The minimum absolute atomic E-state index is 0.119. The zero-order chi connectivity index (χ0) is 14.2. The van der Waals surface area contributed by atoms with Crippen LogP contribution in [0.4, 0.5) is 5.69 Å². The smallest absolute Gasteiger partial charge is 0.126 e. The second-order valence-corrected chi connectivity index (χ2v) is 5.90. The summed E-state index contributed by atoms with van der Waals surface area (Å²) >= 11 is 0. The molecule has 2 rings (SSSR count). The van der Waals surface area contributed by atoms with Gasteiger partial charge in [0.25, 0.3) is 0 Å². The SMILES string of the molecule is Cc1cc(N2CCC(C(C)C)C2)c(C(=N)N)c(C)n1. The van der Waals surface area contributed by atoms with E-state index in [0.717, 1.165) is 41.6 Å². The lowest BCUT2D eigenvalue weighted by molar-refractivity contribution is 0.423. The molecule has 0 aliphatic carbocycles. The monoisotopic (exact) mass is 260 g/mol. The predicted octanol–water partition coefficient (Wildman–Crippen LogP) is 2.46. The van der Waals surface area contributed by atoms with Crippen molar-refractivity contribution in [3.8, 4) is 0 Å². The highest BCUT2D eigenvalue weighted by Crippen LogP contribution is 2.31. The molecule has 1 aromatic rings. The molecular formula is C15H24N4. The van der Waals surface area contributed by atoms with E-state index in [0.29, 0.717) is 5.92 Å². The number of nitrogens with one attached hydrogen (secondary N) is 1. The van der Waals surface area contributed by atoms with E-state index in [-0.39, 0.29) is 5.84 Å². The molecule has 104 valence electrons. The summed E-state index contributed by atoms with van der Waals surface area (Å²) in [7, 11) is 0. The van der Waals surface area contributed by atoms with E-state index >= 15 is 0 Å². The second kappa shape index (κ2) is 5.19. The molecule has 1 aromatic heterocycles. The summed E-state index contributed by atoms with van der Waals surface area (Å²) in [5.74, 6) is 1.55. The Morgan fingerprint density at radius 1 is 1.47 bits per heavy atom. The van der Waals surface area contributed by atoms with Gasteiger partial charge in [0.2, 0.25) is 0 Å². The van der Waals surface area contributed by atoms with Gasteiger partial charge in [-0.2, -0.15) is 0 Å². The third-order valence-electron chi connectivity index (χ3n) is 4.09. The molecule has 4 heteroatoms. The largest absolute Gasteiger partial charge is 0.384 e. The van der Waals surface area contributed by atoms with E-state index in [1.807, 2.05) is 13.8 Å². The number of rotatable bonds is 3. The predicted molar refractivity (Wildman–Crippen MR) is 79.9 cm³/mol. The lowest BCUT2D eigenvalue weighted by Gasteiger charge is -2.24. The third kappa shape index (κ3) is 2.72. The van der Waals surface area contributed by atoms with Crippen LogP contribution in [0.5, 0.6) is 0 Å². The van der Waals surface area contributed by atoms with Crippen LogP contribution in [0.2, 0.25) is 0 Å². The molecule has 0 radical (unpaired) electrons. The molecule has 19 heavy (non-hydrogen) atoms. The van der Waals surface area contributed by atoms with Gasteiger partial charge in [-0.25, -0.2) is 0 Å². The summed E-state index contributed by atoms with van der Waals surface area (Å²) in [5, 5.41) is 7.80. The fraction of sp³-hybridized carbons (Fsp3) is 0.600. The van der Waals surface area contributed by atoms with Gasteiger partial charge in [0.1, 0.15) is 5.84 Å². The Balaban J connectivity index is 2.37. The van der Waals surface area contributed by atoms with Crippen LogP contribution in [0.1, 0.15) is 37.2 Å². The van der Waals surface area contributed by atoms with E-state index in [9.17, 15) is 0 Å². The van der Waals surface area contributed by atoms with E-state index in [1.165, 1.54) is 6.42 Å². The van der Waals surface area contributed by atoms with Crippen molar-refractivity contribution in [3.63, 3.8) is 0 Å². The number of aryl methyl sites for hydroxylation is 2. The Morgan fingerprint density at radius 3 is 2.68 bits per heavy atom. The Bertz CT molecular complexity index is 493. The molecule has 1 saturated heterocycles. The Hall–Kier alpha value is -1.58. The first-order valence-corrected chi connectivity index (χ1v) is 6.97. The maximum absolute atomic E-state index is 7.80. The zero-order valence-corrected chi connectivity index (χ0v) is 12.3. The van der Waals surface area contributed by atoms with E-state index in [4.69, 9.17) is 11.1 Å². The average Bonchev–Trinajstić information content (AvgIpc) is 2.76. The van der Waals surface area contributed by atoms with Gasteiger partial charge < -0.3 is 10.6 Å². The molecule has 0 bridgehead atoms. The highest BCUT2D eigenvalue weighted by atomic mass is 15.2. The maximum Gasteiger partial charge on any atom is 0.126 e. The second-order valence-electron chi connectivity index (χ2n) is 5.90. The van der Waals surface area contributed by atoms with Gasteiger partial charge in [-0.05, 0) is 38.2 Å². The highest BCUT2D eigenvalue weighted by molar-refractivity contribution is 6.01. The quantitative estimate of drug-likeness (QED) is 0.648. The number of hydrogen-bond donors (Lipinski definition) is 2. The van der Waals surface area contributed by atoms with Crippen LogP contribution in [0.25, 0.3) is 0 Å². The molecule has 0 spiro atoms. The fourth-order valence-corrected chi connectivity index (χ4v) is 2.94. The highest BCUT2D eigenvalue weighted by Gasteiger charge is 2.27. The van der Waals surface area contributed by atoms with Gasteiger partial charge >= 0.3 is 0 Å². The van der Waals surface area contributed by atoms with Crippen molar-refractivity contribution in [3.05, 3.63) is 23.0 Å². The standard InChI is InChI=1S/C15H24N4/c1-9(2)12-5-6-19(8-12)13-7-10(3)18-11(4)14(13)15(16)17/h7,9,12H,5-6,8H2,1-4H3,(H3,16,17). The van der Waals surface area contributed by atoms with Crippen molar-refractivity contribution in [2.24, 2.45) is 17.6 Å². The van der Waals surface area contributed by atoms with Crippen LogP contribution in [-0.2, 0) is 0 Å². The molecule has 0 aromatic carbocycles. The normalized spacial score (nSPS) is 19.2. The number of amidine groups is 1. The van der Waals surface area contributed by atoms with Crippen LogP contribution in [0, 0.1) is 31.1 Å².